The minimum absolute atomic E-state index is 0. The molecule has 51 heavy (non-hydrogen) atoms. The molecule has 4 heterocycles. The molecular weight excluding hydrogens is 807 g/mol. The minimum Gasteiger partial charge on any atom is -0.456 e. The van der Waals surface area contributed by atoms with Crippen molar-refractivity contribution in [3.05, 3.63) is 164 Å². The first-order valence-corrected chi connectivity index (χ1v) is 16.5. The molecule has 0 spiro atoms. The van der Waals surface area contributed by atoms with E-state index in [1.54, 1.807) is 0 Å². The van der Waals surface area contributed by atoms with Crippen molar-refractivity contribution in [1.29, 1.82) is 0 Å². The van der Waals surface area contributed by atoms with Gasteiger partial charge in [0.2, 0.25) is 5.95 Å². The third kappa shape index (κ3) is 5.31. The van der Waals surface area contributed by atoms with Crippen molar-refractivity contribution >= 4 is 43.7 Å². The van der Waals surface area contributed by atoms with Gasteiger partial charge in [0.05, 0.1) is 11.0 Å². The fraction of sp³-hybridized carbons (Fsp3) is 0. The summed E-state index contributed by atoms with van der Waals surface area (Å²) >= 11 is 0. The second-order valence-electron chi connectivity index (χ2n) is 12.3. The number of fused-ring (bicyclic) bond motifs is 6. The average molecular weight is 833 g/mol. The molecule has 0 fully saturated rings. The molecule has 0 bridgehead atoms. The van der Waals surface area contributed by atoms with Crippen LogP contribution in [-0.2, 0) is 20.1 Å². The molecule has 243 valence electrons. The van der Waals surface area contributed by atoms with Gasteiger partial charge in [-0.15, -0.1) is 35.4 Å². The zero-order chi connectivity index (χ0) is 33.0. The van der Waals surface area contributed by atoms with Gasteiger partial charge >= 0.3 is 0 Å². The summed E-state index contributed by atoms with van der Waals surface area (Å²) in [7, 11) is 0. The van der Waals surface area contributed by atoms with Crippen molar-refractivity contribution in [2.75, 3.05) is 0 Å². The maximum Gasteiger partial charge on any atom is 0.238 e. The molecule has 0 aliphatic rings. The normalized spacial score (nSPS) is 11.4. The Balaban J connectivity index is 0.00000348. The van der Waals surface area contributed by atoms with E-state index in [0.29, 0.717) is 17.6 Å². The van der Waals surface area contributed by atoms with Crippen LogP contribution in [0.5, 0.6) is 0 Å². The van der Waals surface area contributed by atoms with E-state index in [2.05, 4.69) is 70.2 Å². The molecule has 0 amide bonds. The van der Waals surface area contributed by atoms with E-state index < -0.39 is 0 Å². The quantitative estimate of drug-likeness (QED) is 0.162. The molecule has 0 unspecified atom stereocenters. The second kappa shape index (κ2) is 12.6. The molecule has 0 N–H and O–H groups in total. The zero-order valence-corrected chi connectivity index (χ0v) is 29.4. The Morgan fingerprint density at radius 1 is 0.490 bits per heavy atom. The molecule has 6 aromatic carbocycles. The summed E-state index contributed by atoms with van der Waals surface area (Å²) in [5.74, 6) is 1.75. The number of hydrogen-bond donors (Lipinski definition) is 0. The Bertz CT molecular complexity index is 2810. The molecule has 0 atom stereocenters. The van der Waals surface area contributed by atoms with Crippen LogP contribution in [0.1, 0.15) is 0 Å². The molecule has 0 saturated carbocycles. The van der Waals surface area contributed by atoms with Gasteiger partial charge in [0, 0.05) is 65.0 Å². The molecule has 10 rings (SSSR count). The van der Waals surface area contributed by atoms with Crippen LogP contribution < -0.4 is 0 Å². The topological polar surface area (TPSA) is 69.6 Å². The number of aromatic nitrogens is 5. The fourth-order valence-electron chi connectivity index (χ4n) is 6.85. The predicted octanol–water partition coefficient (Wildman–Crippen LogP) is 10.7. The van der Waals surface area contributed by atoms with Crippen LogP contribution in [0, 0.1) is 6.07 Å². The molecule has 0 aliphatic heterocycles. The molecule has 6 nitrogen and oxygen atoms in total. The molecule has 1 radical (unpaired) electrons. The number of furan rings is 1. The molecule has 7 heteroatoms. The van der Waals surface area contributed by atoms with Gasteiger partial charge < -0.3 is 9.40 Å². The van der Waals surface area contributed by atoms with Crippen molar-refractivity contribution < 1.29 is 24.5 Å². The first-order chi connectivity index (χ1) is 24.8. The standard InChI is InChI=1S/C44H26N5O.Ir/c1-3-12-28(13-4-1)42-46-43(29-14-5-2-6-15-29)48-44(47-42)49-38-22-21-31(30-16-11-17-32(24-30)37-19-9-10-23-45-37)25-34(38)35-26-36-33-18-7-8-20-40(33)50-41(36)27-39(35)49;/h1-16,18-27H;/q-1;. The number of benzene rings is 6. The first-order valence-electron chi connectivity index (χ1n) is 16.5. The molecule has 0 saturated heterocycles. The Kier molecular flexibility index (Phi) is 7.58. The van der Waals surface area contributed by atoms with E-state index in [1.807, 2.05) is 103 Å². The number of nitrogens with zero attached hydrogens (tertiary/aromatic N) is 5. The van der Waals surface area contributed by atoms with Gasteiger partial charge in [-0.1, -0.05) is 97.1 Å². The van der Waals surface area contributed by atoms with Crippen molar-refractivity contribution in [1.82, 2.24) is 24.5 Å². The summed E-state index contributed by atoms with van der Waals surface area (Å²) in [5, 5.41) is 4.31. The van der Waals surface area contributed by atoms with Crippen LogP contribution in [0.3, 0.4) is 0 Å². The molecular formula is C44H26IrN5O-. The maximum atomic E-state index is 6.41. The van der Waals surface area contributed by atoms with E-state index in [4.69, 9.17) is 19.4 Å². The summed E-state index contributed by atoms with van der Waals surface area (Å²) < 4.78 is 8.54. The maximum absolute atomic E-state index is 6.41. The van der Waals surface area contributed by atoms with Crippen molar-refractivity contribution in [2.45, 2.75) is 0 Å². The summed E-state index contributed by atoms with van der Waals surface area (Å²) in [5.41, 5.74) is 9.44. The van der Waals surface area contributed by atoms with Gasteiger partial charge in [0.25, 0.3) is 0 Å². The van der Waals surface area contributed by atoms with Gasteiger partial charge in [-0.3, -0.25) is 4.57 Å². The average Bonchev–Trinajstić information content (AvgIpc) is 3.72. The van der Waals surface area contributed by atoms with E-state index >= 15 is 0 Å². The second-order valence-corrected chi connectivity index (χ2v) is 12.3. The molecule has 10 aromatic rings. The zero-order valence-electron chi connectivity index (χ0n) is 27.0. The number of hydrogen-bond acceptors (Lipinski definition) is 5. The summed E-state index contributed by atoms with van der Waals surface area (Å²) in [6.07, 6.45) is 1.81. The monoisotopic (exact) mass is 833 g/mol. The SMILES string of the molecule is [Ir].[c-]1ccc(-c2ccc3c(c2)c2cc4c(cc2n3-c2nc(-c3ccccc3)nc(-c3ccccc3)n2)oc2ccccc24)cc1-c1ccccn1. The van der Waals surface area contributed by atoms with Crippen molar-refractivity contribution in [3.63, 3.8) is 0 Å². The number of pyridine rings is 1. The van der Waals surface area contributed by atoms with Crippen LogP contribution in [0.15, 0.2) is 162 Å². The Hall–Kier alpha value is -6.27. The van der Waals surface area contributed by atoms with Crippen LogP contribution in [-0.4, -0.2) is 24.5 Å². The van der Waals surface area contributed by atoms with E-state index in [0.717, 1.165) is 77.3 Å². The molecule has 4 aromatic heterocycles. The van der Waals surface area contributed by atoms with Gasteiger partial charge in [0.1, 0.15) is 11.2 Å². The van der Waals surface area contributed by atoms with Gasteiger partial charge in [-0.05, 0) is 41.6 Å². The van der Waals surface area contributed by atoms with E-state index in [9.17, 15) is 0 Å². The largest absolute Gasteiger partial charge is 0.456 e. The van der Waals surface area contributed by atoms with Crippen LogP contribution in [0.25, 0.3) is 94.9 Å². The Morgan fingerprint density at radius 2 is 1.18 bits per heavy atom. The third-order valence-corrected chi connectivity index (χ3v) is 9.23. The third-order valence-electron chi connectivity index (χ3n) is 9.23. The Labute approximate surface area is 306 Å². The summed E-state index contributed by atoms with van der Waals surface area (Å²) in [4.78, 5) is 19.7. The first kappa shape index (κ1) is 30.8. The van der Waals surface area contributed by atoms with Crippen molar-refractivity contribution in [3.8, 4) is 51.1 Å². The smallest absolute Gasteiger partial charge is 0.238 e. The fourth-order valence-corrected chi connectivity index (χ4v) is 6.85. The summed E-state index contributed by atoms with van der Waals surface area (Å²) in [6.45, 7) is 0. The van der Waals surface area contributed by atoms with Crippen LogP contribution in [0.4, 0.5) is 0 Å². The van der Waals surface area contributed by atoms with Crippen molar-refractivity contribution in [2.24, 2.45) is 0 Å². The van der Waals surface area contributed by atoms with E-state index in [1.165, 1.54) is 0 Å². The minimum atomic E-state index is 0. The number of rotatable bonds is 5. The Morgan fingerprint density at radius 3 is 1.92 bits per heavy atom. The van der Waals surface area contributed by atoms with Gasteiger partial charge in [0.15, 0.2) is 11.6 Å². The van der Waals surface area contributed by atoms with Crippen LogP contribution in [0.2, 0.25) is 0 Å². The number of para-hydroxylation sites is 1. The van der Waals surface area contributed by atoms with Gasteiger partial charge in [-0.25, -0.2) is 4.98 Å². The summed E-state index contributed by atoms with van der Waals surface area (Å²) in [6, 6.07) is 54.7. The van der Waals surface area contributed by atoms with Gasteiger partial charge in [-0.2, -0.15) is 9.97 Å². The molecule has 0 aliphatic carbocycles. The van der Waals surface area contributed by atoms with Crippen LogP contribution >= 0.6 is 0 Å². The van der Waals surface area contributed by atoms with E-state index in [-0.39, 0.29) is 20.1 Å². The predicted molar refractivity (Wildman–Crippen MR) is 200 cm³/mol.